The first kappa shape index (κ1) is 27.3. The van der Waals surface area contributed by atoms with E-state index < -0.39 is 5.97 Å². The number of thiazole rings is 1. The maximum absolute atomic E-state index is 12.6. The van der Waals surface area contributed by atoms with E-state index in [1.165, 1.54) is 30.2 Å². The van der Waals surface area contributed by atoms with Gasteiger partial charge in [-0.3, -0.25) is 4.79 Å². The van der Waals surface area contributed by atoms with E-state index in [9.17, 15) is 9.59 Å². The first-order valence-electron chi connectivity index (χ1n) is 12.1. The smallest absolute Gasteiger partial charge is 0.344 e. The number of aromatic nitrogens is 1. The molecule has 0 saturated heterocycles. The minimum atomic E-state index is -0.465. The molecule has 10 heteroatoms. The largest absolute Gasteiger partial charge is 0.493 e. The number of nitrogens with zero attached hydrogens (tertiary/aromatic N) is 2. The van der Waals surface area contributed by atoms with Gasteiger partial charge >= 0.3 is 5.97 Å². The van der Waals surface area contributed by atoms with Crippen LogP contribution in [0.2, 0.25) is 0 Å². The van der Waals surface area contributed by atoms with Crippen molar-refractivity contribution in [2.45, 2.75) is 13.8 Å². The van der Waals surface area contributed by atoms with Crippen molar-refractivity contribution in [1.82, 2.24) is 10.4 Å². The third-order valence-corrected chi connectivity index (χ3v) is 6.23. The van der Waals surface area contributed by atoms with Gasteiger partial charge in [-0.2, -0.15) is 5.10 Å². The molecule has 200 valence electrons. The molecule has 1 heterocycles. The third kappa shape index (κ3) is 7.65. The molecule has 0 aliphatic carbocycles. The molecule has 0 spiro atoms. The summed E-state index contributed by atoms with van der Waals surface area (Å²) in [6, 6.07) is 20.3. The minimum Gasteiger partial charge on any atom is -0.493 e. The number of hydrazone groups is 1. The SMILES string of the molecule is CCOC(=O)COc1ccc(/C=N\NC(=O)c2ccc(-c3csc(Nc4ccc(C)cc4)n3)cc2)cc1OC. The molecule has 1 amide bonds. The van der Waals surface area contributed by atoms with E-state index >= 15 is 0 Å². The van der Waals surface area contributed by atoms with Crippen LogP contribution in [0.25, 0.3) is 11.3 Å². The molecule has 2 N–H and O–H groups in total. The summed E-state index contributed by atoms with van der Waals surface area (Å²) < 4.78 is 15.6. The minimum absolute atomic E-state index is 0.222. The van der Waals surface area contributed by atoms with Crippen LogP contribution in [-0.4, -0.2) is 43.4 Å². The van der Waals surface area contributed by atoms with Gasteiger partial charge in [0.25, 0.3) is 5.91 Å². The quantitative estimate of drug-likeness (QED) is 0.144. The van der Waals surface area contributed by atoms with Gasteiger partial charge in [0.15, 0.2) is 23.2 Å². The molecule has 9 nitrogen and oxygen atoms in total. The summed E-state index contributed by atoms with van der Waals surface area (Å²) in [7, 11) is 1.49. The molecule has 0 atom stereocenters. The van der Waals surface area contributed by atoms with Crippen molar-refractivity contribution >= 4 is 40.2 Å². The molecule has 0 fully saturated rings. The Bertz CT molecular complexity index is 1450. The number of nitrogens with one attached hydrogen (secondary N) is 2. The number of rotatable bonds is 11. The number of amides is 1. The van der Waals surface area contributed by atoms with Crippen molar-refractivity contribution in [2.24, 2.45) is 5.10 Å². The van der Waals surface area contributed by atoms with E-state index in [0.29, 0.717) is 22.6 Å². The predicted molar refractivity (Wildman–Crippen MR) is 152 cm³/mol. The monoisotopic (exact) mass is 544 g/mol. The van der Waals surface area contributed by atoms with Gasteiger partial charge in [-0.15, -0.1) is 11.3 Å². The zero-order valence-electron chi connectivity index (χ0n) is 21.8. The lowest BCUT2D eigenvalue weighted by Crippen LogP contribution is -2.17. The molecular formula is C29H28N4O5S. The van der Waals surface area contributed by atoms with Crippen molar-refractivity contribution in [3.63, 3.8) is 0 Å². The van der Waals surface area contributed by atoms with Crippen LogP contribution in [0.15, 0.2) is 77.2 Å². The highest BCUT2D eigenvalue weighted by atomic mass is 32.1. The lowest BCUT2D eigenvalue weighted by Gasteiger charge is -2.10. The molecule has 0 aliphatic rings. The van der Waals surface area contributed by atoms with Crippen LogP contribution in [0.4, 0.5) is 10.8 Å². The summed E-state index contributed by atoms with van der Waals surface area (Å²) in [5.41, 5.74) is 7.56. The first-order chi connectivity index (χ1) is 18.9. The van der Waals surface area contributed by atoms with Crippen LogP contribution < -0.4 is 20.2 Å². The Hall–Kier alpha value is -4.70. The molecule has 0 unspecified atom stereocenters. The standard InChI is InChI=1S/C29H28N4O5S/c1-4-37-27(34)17-38-25-14-7-20(15-26(25)36-3)16-30-33-28(35)22-10-8-21(9-11-22)24-18-39-29(32-24)31-23-12-5-19(2)6-13-23/h5-16,18H,4,17H2,1-3H3,(H,31,32)(H,33,35)/b30-16-. The fourth-order valence-corrected chi connectivity index (χ4v) is 4.21. The van der Waals surface area contributed by atoms with Gasteiger partial charge in [0.2, 0.25) is 0 Å². The van der Waals surface area contributed by atoms with Crippen LogP contribution in [0.3, 0.4) is 0 Å². The van der Waals surface area contributed by atoms with Crippen LogP contribution in [0.5, 0.6) is 11.5 Å². The van der Waals surface area contributed by atoms with E-state index in [2.05, 4.69) is 20.8 Å². The summed E-state index contributed by atoms with van der Waals surface area (Å²) >= 11 is 1.51. The van der Waals surface area contributed by atoms with E-state index in [1.807, 2.05) is 48.7 Å². The number of benzene rings is 3. The lowest BCUT2D eigenvalue weighted by molar-refractivity contribution is -0.145. The topological polar surface area (TPSA) is 111 Å². The zero-order valence-corrected chi connectivity index (χ0v) is 22.6. The zero-order chi connectivity index (χ0) is 27.6. The normalized spacial score (nSPS) is 10.7. The number of hydrogen-bond acceptors (Lipinski definition) is 9. The van der Waals surface area contributed by atoms with Gasteiger partial charge in [-0.05, 0) is 61.9 Å². The van der Waals surface area contributed by atoms with Crippen molar-refractivity contribution in [3.8, 4) is 22.8 Å². The molecular weight excluding hydrogens is 516 g/mol. The highest BCUT2D eigenvalue weighted by Gasteiger charge is 2.10. The Balaban J connectivity index is 1.32. The number of methoxy groups -OCH3 is 1. The predicted octanol–water partition coefficient (Wildman–Crippen LogP) is 5.58. The average Bonchev–Trinajstić information content (AvgIpc) is 3.42. The van der Waals surface area contributed by atoms with Crippen molar-refractivity contribution in [2.75, 3.05) is 25.6 Å². The van der Waals surface area contributed by atoms with E-state index in [0.717, 1.165) is 22.1 Å². The molecule has 4 aromatic rings. The number of carbonyl (C=O) groups excluding carboxylic acids is 2. The van der Waals surface area contributed by atoms with Crippen LogP contribution in [-0.2, 0) is 9.53 Å². The average molecular weight is 545 g/mol. The van der Waals surface area contributed by atoms with Crippen LogP contribution in [0, 0.1) is 6.92 Å². The van der Waals surface area contributed by atoms with Crippen LogP contribution in [0.1, 0.15) is 28.4 Å². The second kappa shape index (κ2) is 13.2. The molecule has 0 radical (unpaired) electrons. The molecule has 0 aliphatic heterocycles. The van der Waals surface area contributed by atoms with E-state index in [4.69, 9.17) is 14.2 Å². The Morgan fingerprint density at radius 2 is 1.79 bits per heavy atom. The van der Waals surface area contributed by atoms with Gasteiger partial charge in [-0.1, -0.05) is 29.8 Å². The van der Waals surface area contributed by atoms with Gasteiger partial charge in [0, 0.05) is 22.2 Å². The Labute approximate surface area is 230 Å². The summed E-state index contributed by atoms with van der Waals surface area (Å²) in [6.07, 6.45) is 1.49. The Kier molecular flexibility index (Phi) is 9.25. The molecule has 39 heavy (non-hydrogen) atoms. The molecule has 0 saturated carbocycles. The number of anilines is 2. The Morgan fingerprint density at radius 3 is 2.51 bits per heavy atom. The number of carbonyl (C=O) groups is 2. The molecule has 4 rings (SSSR count). The van der Waals surface area contributed by atoms with Gasteiger partial charge < -0.3 is 19.5 Å². The number of aryl methyl sites for hydroxylation is 1. The summed E-state index contributed by atoms with van der Waals surface area (Å²) in [5.74, 6) is 0.000900. The second-order valence-corrected chi connectivity index (χ2v) is 9.17. The number of esters is 1. The third-order valence-electron chi connectivity index (χ3n) is 5.47. The molecule has 1 aromatic heterocycles. The highest BCUT2D eigenvalue weighted by Crippen LogP contribution is 2.28. The molecule has 3 aromatic carbocycles. The van der Waals surface area contributed by atoms with Crippen LogP contribution >= 0.6 is 11.3 Å². The number of ether oxygens (including phenoxy) is 3. The summed E-state index contributed by atoms with van der Waals surface area (Å²) in [6.45, 7) is 3.83. The van der Waals surface area contributed by atoms with Crippen molar-refractivity contribution in [3.05, 3.63) is 88.8 Å². The Morgan fingerprint density at radius 1 is 1.03 bits per heavy atom. The van der Waals surface area contributed by atoms with Gasteiger partial charge in [0.05, 0.1) is 25.6 Å². The van der Waals surface area contributed by atoms with Crippen molar-refractivity contribution in [1.29, 1.82) is 0 Å². The maximum atomic E-state index is 12.6. The van der Waals surface area contributed by atoms with E-state index in [-0.39, 0.29) is 19.1 Å². The second-order valence-electron chi connectivity index (χ2n) is 8.31. The fraction of sp³-hybridized carbons (Fsp3) is 0.172. The lowest BCUT2D eigenvalue weighted by atomic mass is 10.1. The van der Waals surface area contributed by atoms with Gasteiger partial charge in [0.1, 0.15) is 0 Å². The van der Waals surface area contributed by atoms with Crippen molar-refractivity contribution < 1.29 is 23.8 Å². The first-order valence-corrected chi connectivity index (χ1v) is 13.0. The highest BCUT2D eigenvalue weighted by molar-refractivity contribution is 7.14. The van der Waals surface area contributed by atoms with E-state index in [1.54, 1.807) is 37.3 Å². The summed E-state index contributed by atoms with van der Waals surface area (Å²) in [5, 5.41) is 10.1. The summed E-state index contributed by atoms with van der Waals surface area (Å²) in [4.78, 5) is 28.7. The van der Waals surface area contributed by atoms with Gasteiger partial charge in [-0.25, -0.2) is 15.2 Å². The maximum Gasteiger partial charge on any atom is 0.344 e. The fourth-order valence-electron chi connectivity index (χ4n) is 3.47. The molecule has 0 bridgehead atoms. The number of hydrogen-bond donors (Lipinski definition) is 2.